The number of rotatable bonds is 6. The van der Waals surface area contributed by atoms with Gasteiger partial charge < -0.3 is 9.32 Å². The van der Waals surface area contributed by atoms with E-state index in [1.807, 2.05) is 13.0 Å². The third-order valence-corrected chi connectivity index (χ3v) is 4.12. The Morgan fingerprint density at radius 1 is 1.20 bits per heavy atom. The van der Waals surface area contributed by atoms with Crippen LogP contribution in [0.4, 0.5) is 4.39 Å². The van der Waals surface area contributed by atoms with E-state index >= 15 is 0 Å². The van der Waals surface area contributed by atoms with E-state index in [0.29, 0.717) is 24.2 Å². The number of para-hydroxylation sites is 2. The summed E-state index contributed by atoms with van der Waals surface area (Å²) in [7, 11) is 0. The molecule has 0 aliphatic heterocycles. The molecule has 3 rings (SSSR count). The van der Waals surface area contributed by atoms with Gasteiger partial charge in [0.05, 0.1) is 5.52 Å². The molecule has 1 heterocycles. The first-order valence-electron chi connectivity index (χ1n) is 8.19. The highest BCUT2D eigenvalue weighted by Crippen LogP contribution is 2.13. The van der Waals surface area contributed by atoms with Crippen LogP contribution in [0.2, 0.25) is 0 Å². The molecule has 0 aliphatic rings. The highest BCUT2D eigenvalue weighted by Gasteiger charge is 2.15. The van der Waals surface area contributed by atoms with Gasteiger partial charge in [0.25, 0.3) is 0 Å². The van der Waals surface area contributed by atoms with E-state index in [4.69, 9.17) is 4.42 Å². The number of nitrogens with zero attached hydrogens (tertiary/aromatic N) is 2. The van der Waals surface area contributed by atoms with Crippen molar-refractivity contribution in [2.45, 2.75) is 26.4 Å². The highest BCUT2D eigenvalue weighted by atomic mass is 19.1. The molecular weight excluding hydrogens is 323 g/mol. The Hall–Kier alpha value is -2.89. The molecule has 0 aliphatic carbocycles. The second-order valence-electron chi connectivity index (χ2n) is 5.78. The molecule has 5 nitrogen and oxygen atoms in total. The highest BCUT2D eigenvalue weighted by molar-refractivity contribution is 5.77. The zero-order valence-corrected chi connectivity index (χ0v) is 13.9. The number of oxazole rings is 1. The SMILES string of the molecule is CCN(Cc1cccc(F)c1)C(=O)CCn1c(=O)oc2ccccc21. The average Bonchev–Trinajstić information content (AvgIpc) is 2.93. The molecule has 0 unspecified atom stereocenters. The van der Waals surface area contributed by atoms with Crippen LogP contribution in [0, 0.1) is 5.82 Å². The Bertz CT molecular complexity index is 945. The van der Waals surface area contributed by atoms with Gasteiger partial charge in [0, 0.05) is 26.1 Å². The third-order valence-electron chi connectivity index (χ3n) is 4.12. The first-order valence-corrected chi connectivity index (χ1v) is 8.19. The van der Waals surface area contributed by atoms with Gasteiger partial charge in [-0.25, -0.2) is 9.18 Å². The van der Waals surface area contributed by atoms with Crippen LogP contribution < -0.4 is 5.76 Å². The van der Waals surface area contributed by atoms with Gasteiger partial charge in [-0.15, -0.1) is 0 Å². The Labute approximate surface area is 144 Å². The molecule has 0 saturated heterocycles. The molecule has 6 heteroatoms. The van der Waals surface area contributed by atoms with E-state index < -0.39 is 5.76 Å². The van der Waals surface area contributed by atoms with Crippen molar-refractivity contribution in [1.29, 1.82) is 0 Å². The number of carbonyl (C=O) groups is 1. The molecule has 1 aromatic heterocycles. The van der Waals surface area contributed by atoms with E-state index in [2.05, 4.69) is 0 Å². The maximum atomic E-state index is 13.3. The van der Waals surface area contributed by atoms with E-state index in [0.717, 1.165) is 5.56 Å². The molecule has 2 aromatic carbocycles. The summed E-state index contributed by atoms with van der Waals surface area (Å²) in [4.78, 5) is 26.1. The third kappa shape index (κ3) is 3.79. The molecule has 1 amide bonds. The monoisotopic (exact) mass is 342 g/mol. The number of halogens is 1. The van der Waals surface area contributed by atoms with E-state index in [1.165, 1.54) is 16.7 Å². The minimum Gasteiger partial charge on any atom is -0.408 e. The molecule has 0 N–H and O–H groups in total. The van der Waals surface area contributed by atoms with Crippen molar-refractivity contribution < 1.29 is 13.6 Å². The lowest BCUT2D eigenvalue weighted by Gasteiger charge is -2.21. The Morgan fingerprint density at radius 2 is 2.00 bits per heavy atom. The van der Waals surface area contributed by atoms with Gasteiger partial charge in [0.15, 0.2) is 5.58 Å². The van der Waals surface area contributed by atoms with Crippen LogP contribution in [-0.2, 0) is 17.9 Å². The molecule has 0 fully saturated rings. The number of carbonyl (C=O) groups excluding carboxylic acids is 1. The Morgan fingerprint density at radius 3 is 2.76 bits per heavy atom. The molecule has 0 saturated carbocycles. The number of aryl methyl sites for hydroxylation is 1. The minimum absolute atomic E-state index is 0.0936. The van der Waals surface area contributed by atoms with Crippen molar-refractivity contribution in [3.8, 4) is 0 Å². The summed E-state index contributed by atoms with van der Waals surface area (Å²) >= 11 is 0. The van der Waals surface area contributed by atoms with Gasteiger partial charge >= 0.3 is 5.76 Å². The van der Waals surface area contributed by atoms with Crippen LogP contribution in [0.15, 0.2) is 57.7 Å². The zero-order valence-electron chi connectivity index (χ0n) is 13.9. The lowest BCUT2D eigenvalue weighted by Crippen LogP contribution is -2.31. The van der Waals surface area contributed by atoms with Crippen molar-refractivity contribution in [3.05, 3.63) is 70.5 Å². The predicted molar refractivity (Wildman–Crippen MR) is 92.6 cm³/mol. The van der Waals surface area contributed by atoms with Crippen LogP contribution in [0.5, 0.6) is 0 Å². The van der Waals surface area contributed by atoms with Gasteiger partial charge in [-0.3, -0.25) is 9.36 Å². The normalized spacial score (nSPS) is 11.0. The standard InChI is InChI=1S/C19H19FN2O3/c1-2-21(13-14-6-5-7-15(20)12-14)18(23)10-11-22-16-8-3-4-9-17(16)25-19(22)24/h3-9,12H,2,10-11,13H2,1H3. The summed E-state index contributed by atoms with van der Waals surface area (Å²) in [6, 6.07) is 13.3. The number of fused-ring (bicyclic) bond motifs is 1. The first kappa shape index (κ1) is 17.0. The molecule has 0 spiro atoms. The molecule has 0 atom stereocenters. The first-order chi connectivity index (χ1) is 12.1. The summed E-state index contributed by atoms with van der Waals surface area (Å²) in [5.41, 5.74) is 1.92. The fourth-order valence-electron chi connectivity index (χ4n) is 2.82. The van der Waals surface area contributed by atoms with Gasteiger partial charge in [0.1, 0.15) is 5.82 Å². The van der Waals surface area contributed by atoms with Gasteiger partial charge in [0.2, 0.25) is 5.91 Å². The lowest BCUT2D eigenvalue weighted by atomic mass is 10.2. The van der Waals surface area contributed by atoms with Crippen molar-refractivity contribution in [2.24, 2.45) is 0 Å². The molecule has 25 heavy (non-hydrogen) atoms. The molecule has 0 radical (unpaired) electrons. The molecular formula is C19H19FN2O3. The van der Waals surface area contributed by atoms with Crippen molar-refractivity contribution >= 4 is 17.0 Å². The predicted octanol–water partition coefficient (Wildman–Crippen LogP) is 3.17. The van der Waals surface area contributed by atoms with Crippen LogP contribution in [0.1, 0.15) is 18.9 Å². The Kier molecular flexibility index (Phi) is 4.97. The van der Waals surface area contributed by atoms with Crippen LogP contribution >= 0.6 is 0 Å². The van der Waals surface area contributed by atoms with Crippen molar-refractivity contribution in [1.82, 2.24) is 9.47 Å². The summed E-state index contributed by atoms with van der Waals surface area (Å²) in [6.45, 7) is 2.97. The van der Waals surface area contributed by atoms with Crippen molar-refractivity contribution in [3.63, 3.8) is 0 Å². The Balaban J connectivity index is 1.70. The zero-order chi connectivity index (χ0) is 17.8. The smallest absolute Gasteiger partial charge is 0.408 e. The van der Waals surface area contributed by atoms with E-state index in [-0.39, 0.29) is 24.7 Å². The number of amides is 1. The number of aromatic nitrogens is 1. The average molecular weight is 342 g/mol. The van der Waals surface area contributed by atoms with Crippen molar-refractivity contribution in [2.75, 3.05) is 6.54 Å². The summed E-state index contributed by atoms with van der Waals surface area (Å²) in [6.07, 6.45) is 0.173. The van der Waals surface area contributed by atoms with Crippen LogP contribution in [0.3, 0.4) is 0 Å². The summed E-state index contributed by atoms with van der Waals surface area (Å²) in [5.74, 6) is -0.886. The largest absolute Gasteiger partial charge is 0.419 e. The fraction of sp³-hybridized carbons (Fsp3) is 0.263. The maximum Gasteiger partial charge on any atom is 0.419 e. The lowest BCUT2D eigenvalue weighted by molar-refractivity contribution is -0.131. The topological polar surface area (TPSA) is 55.5 Å². The van der Waals surface area contributed by atoms with Gasteiger partial charge in [-0.1, -0.05) is 24.3 Å². The van der Waals surface area contributed by atoms with Gasteiger partial charge in [-0.05, 0) is 36.8 Å². The second-order valence-corrected chi connectivity index (χ2v) is 5.78. The van der Waals surface area contributed by atoms with E-state index in [9.17, 15) is 14.0 Å². The molecule has 130 valence electrons. The maximum absolute atomic E-state index is 13.3. The number of benzene rings is 2. The minimum atomic E-state index is -0.470. The second kappa shape index (κ2) is 7.34. The summed E-state index contributed by atoms with van der Waals surface area (Å²) < 4.78 is 19.9. The fourth-order valence-corrected chi connectivity index (χ4v) is 2.82. The van der Waals surface area contributed by atoms with Crippen LogP contribution in [0.25, 0.3) is 11.1 Å². The molecule has 0 bridgehead atoms. The number of hydrogen-bond acceptors (Lipinski definition) is 3. The van der Waals surface area contributed by atoms with Gasteiger partial charge in [-0.2, -0.15) is 0 Å². The number of hydrogen-bond donors (Lipinski definition) is 0. The quantitative estimate of drug-likeness (QED) is 0.691. The molecule has 3 aromatic rings. The van der Waals surface area contributed by atoms with Crippen LogP contribution in [-0.4, -0.2) is 21.9 Å². The van der Waals surface area contributed by atoms with E-state index in [1.54, 1.807) is 35.2 Å². The summed E-state index contributed by atoms with van der Waals surface area (Å²) in [5, 5.41) is 0.